The molecule has 8 heteroatoms. The molecule has 2 unspecified atom stereocenters. The summed E-state index contributed by atoms with van der Waals surface area (Å²) in [6, 6.07) is 0. The molecule has 0 aromatic rings. The highest BCUT2D eigenvalue weighted by Crippen LogP contribution is 2.32. The first-order chi connectivity index (χ1) is 11.5. The zero-order valence-corrected chi connectivity index (χ0v) is 17.2. The number of carbonyl (C=O) groups excluding carboxylic acids is 1. The molecule has 0 saturated carbocycles. The van der Waals surface area contributed by atoms with E-state index in [1.54, 1.807) is 41.5 Å². The highest BCUT2D eigenvalue weighted by atomic mass is 17.3. The normalized spacial score (nSPS) is 15.3. The van der Waals surface area contributed by atoms with Crippen LogP contribution in [0.5, 0.6) is 0 Å². The third kappa shape index (κ3) is 8.75. The predicted molar refractivity (Wildman–Crippen MR) is 93.7 cm³/mol. The highest BCUT2D eigenvalue weighted by Gasteiger charge is 2.50. The lowest BCUT2D eigenvalue weighted by molar-refractivity contribution is -0.546. The lowest BCUT2D eigenvalue weighted by atomic mass is 9.94. The first-order valence-corrected chi connectivity index (χ1v) is 8.31. The minimum Gasteiger partial charge on any atom is -0.481 e. The summed E-state index contributed by atoms with van der Waals surface area (Å²) in [6.07, 6.45) is -1.12. The fraction of sp³-hybridized carbons (Fsp3) is 0.778. The molecule has 0 aliphatic carbocycles. The number of hydrogen-bond acceptors (Lipinski definition) is 7. The third-order valence-corrected chi connectivity index (χ3v) is 2.86. The van der Waals surface area contributed by atoms with Gasteiger partial charge in [-0.25, -0.2) is 14.6 Å². The van der Waals surface area contributed by atoms with Crippen molar-refractivity contribution >= 4 is 11.9 Å². The number of ether oxygens (including phenoxy) is 1. The van der Waals surface area contributed by atoms with Crippen molar-refractivity contribution in [3.8, 4) is 0 Å². The molecule has 0 bridgehead atoms. The number of aliphatic carboxylic acids is 1. The summed E-state index contributed by atoms with van der Waals surface area (Å²) in [5, 5.41) is 9.70. The van der Waals surface area contributed by atoms with Crippen LogP contribution in [0.25, 0.3) is 0 Å². The molecular formula is C18H32O8. The van der Waals surface area contributed by atoms with Crippen LogP contribution >= 0.6 is 0 Å². The van der Waals surface area contributed by atoms with Gasteiger partial charge in [0.15, 0.2) is 5.92 Å². The van der Waals surface area contributed by atoms with Crippen molar-refractivity contribution in [3.05, 3.63) is 12.2 Å². The summed E-state index contributed by atoms with van der Waals surface area (Å²) in [6.45, 7) is 18.0. The van der Waals surface area contributed by atoms with Crippen LogP contribution in [0, 0.1) is 5.92 Å². The zero-order valence-electron chi connectivity index (χ0n) is 17.2. The molecule has 0 heterocycles. The van der Waals surface area contributed by atoms with E-state index >= 15 is 0 Å². The molecule has 2 atom stereocenters. The van der Waals surface area contributed by atoms with Crippen LogP contribution in [0.15, 0.2) is 12.2 Å². The summed E-state index contributed by atoms with van der Waals surface area (Å²) in [7, 11) is 0. The van der Waals surface area contributed by atoms with Crippen LogP contribution in [0.3, 0.4) is 0 Å². The van der Waals surface area contributed by atoms with Crippen molar-refractivity contribution in [2.24, 2.45) is 5.92 Å². The predicted octanol–water partition coefficient (Wildman–Crippen LogP) is 3.40. The average Bonchev–Trinajstić information content (AvgIpc) is 2.41. The smallest absolute Gasteiger partial charge is 0.333 e. The lowest BCUT2D eigenvalue weighted by Gasteiger charge is -2.37. The molecule has 0 rings (SSSR count). The van der Waals surface area contributed by atoms with E-state index in [-0.39, 0.29) is 5.57 Å². The molecular weight excluding hydrogens is 344 g/mol. The largest absolute Gasteiger partial charge is 0.481 e. The Morgan fingerprint density at radius 3 is 1.54 bits per heavy atom. The van der Waals surface area contributed by atoms with Gasteiger partial charge < -0.3 is 9.84 Å². The molecule has 0 aromatic heterocycles. The summed E-state index contributed by atoms with van der Waals surface area (Å²) < 4.78 is 5.15. The van der Waals surface area contributed by atoms with Gasteiger partial charge >= 0.3 is 11.9 Å². The Labute approximate surface area is 155 Å². The van der Waals surface area contributed by atoms with Crippen LogP contribution in [0.2, 0.25) is 0 Å². The zero-order chi connectivity index (χ0) is 20.9. The van der Waals surface area contributed by atoms with Crippen LogP contribution in [-0.4, -0.2) is 40.1 Å². The van der Waals surface area contributed by atoms with E-state index < -0.39 is 40.9 Å². The van der Waals surface area contributed by atoms with Crippen LogP contribution < -0.4 is 0 Å². The third-order valence-electron chi connectivity index (χ3n) is 2.86. The first-order valence-electron chi connectivity index (χ1n) is 8.31. The molecule has 0 fully saturated rings. The van der Waals surface area contributed by atoms with E-state index in [0.29, 0.717) is 0 Å². The summed E-state index contributed by atoms with van der Waals surface area (Å²) >= 11 is 0. The SMILES string of the molecule is C=C(C)C(=O)OC(C)C(C(=O)O)C(C)(OOC(C)(C)C)OOC(C)(C)C. The second-order valence-electron chi connectivity index (χ2n) is 8.28. The van der Waals surface area contributed by atoms with Gasteiger partial charge in [0.25, 0.3) is 0 Å². The van der Waals surface area contributed by atoms with Crippen molar-refractivity contribution in [1.82, 2.24) is 0 Å². The van der Waals surface area contributed by atoms with Crippen LogP contribution in [-0.2, 0) is 33.9 Å². The quantitative estimate of drug-likeness (QED) is 0.215. The van der Waals surface area contributed by atoms with E-state index in [4.69, 9.17) is 24.3 Å². The lowest BCUT2D eigenvalue weighted by Crippen LogP contribution is -2.52. The highest BCUT2D eigenvalue weighted by molar-refractivity contribution is 5.87. The topological polar surface area (TPSA) is 101 Å². The van der Waals surface area contributed by atoms with Gasteiger partial charge in [-0.3, -0.25) is 4.79 Å². The fourth-order valence-corrected chi connectivity index (χ4v) is 1.72. The maximum absolute atomic E-state index is 11.9. The minimum absolute atomic E-state index is 0.140. The Kier molecular flexibility index (Phi) is 8.43. The fourth-order valence-electron chi connectivity index (χ4n) is 1.72. The summed E-state index contributed by atoms with van der Waals surface area (Å²) in [5.74, 6) is -5.39. The number of carboxylic acids is 1. The molecule has 0 aromatic carbocycles. The monoisotopic (exact) mass is 376 g/mol. The van der Waals surface area contributed by atoms with Crippen molar-refractivity contribution in [3.63, 3.8) is 0 Å². The van der Waals surface area contributed by atoms with Crippen LogP contribution in [0.4, 0.5) is 0 Å². The van der Waals surface area contributed by atoms with Crippen LogP contribution in [0.1, 0.15) is 62.3 Å². The number of carboxylic acid groups (broad SMARTS) is 1. The molecule has 1 N–H and O–H groups in total. The molecule has 152 valence electrons. The van der Waals surface area contributed by atoms with E-state index in [0.717, 1.165) is 0 Å². The maximum atomic E-state index is 11.9. The Morgan fingerprint density at radius 1 is 0.885 bits per heavy atom. The molecule has 0 aliphatic rings. The molecule has 0 radical (unpaired) electrons. The Morgan fingerprint density at radius 2 is 1.27 bits per heavy atom. The molecule has 8 nitrogen and oxygen atoms in total. The second-order valence-corrected chi connectivity index (χ2v) is 8.28. The molecule has 0 saturated heterocycles. The van der Waals surface area contributed by atoms with Gasteiger partial charge in [0.05, 0.1) is 11.2 Å². The van der Waals surface area contributed by atoms with Crippen molar-refractivity contribution in [2.45, 2.75) is 85.4 Å². The van der Waals surface area contributed by atoms with Gasteiger partial charge in [-0.1, -0.05) is 6.58 Å². The number of rotatable bonds is 9. The Hall–Kier alpha value is -1.48. The van der Waals surface area contributed by atoms with Crippen molar-refractivity contribution in [1.29, 1.82) is 0 Å². The van der Waals surface area contributed by atoms with Gasteiger partial charge in [0.2, 0.25) is 5.79 Å². The van der Waals surface area contributed by atoms with E-state index in [1.165, 1.54) is 20.8 Å². The molecule has 0 spiro atoms. The summed E-state index contributed by atoms with van der Waals surface area (Å²) in [4.78, 5) is 44.9. The van der Waals surface area contributed by atoms with Gasteiger partial charge in [-0.15, -0.1) is 0 Å². The van der Waals surface area contributed by atoms with Gasteiger partial charge in [0, 0.05) is 5.57 Å². The maximum Gasteiger partial charge on any atom is 0.333 e. The average molecular weight is 376 g/mol. The van der Waals surface area contributed by atoms with E-state index in [2.05, 4.69) is 6.58 Å². The standard InChI is InChI=1S/C18H32O8/c1-11(2)15(21)22-12(3)13(14(19)20)18(10,25-23-16(4,5)6)26-24-17(7,8)9/h12-13H,1H2,2-10H3,(H,19,20). The number of hydrogen-bond donors (Lipinski definition) is 1. The van der Waals surface area contributed by atoms with Gasteiger partial charge in [-0.05, 0) is 62.3 Å². The Balaban J connectivity index is 5.67. The number of esters is 1. The van der Waals surface area contributed by atoms with E-state index in [9.17, 15) is 14.7 Å². The van der Waals surface area contributed by atoms with Gasteiger partial charge in [0.1, 0.15) is 6.10 Å². The van der Waals surface area contributed by atoms with Gasteiger partial charge in [-0.2, -0.15) is 9.78 Å². The molecule has 0 aliphatic heterocycles. The molecule has 0 amide bonds. The first kappa shape index (κ1) is 24.5. The van der Waals surface area contributed by atoms with Crippen molar-refractivity contribution in [2.75, 3.05) is 0 Å². The summed E-state index contributed by atoms with van der Waals surface area (Å²) in [5.41, 5.74) is -1.35. The number of carbonyl (C=O) groups is 2. The van der Waals surface area contributed by atoms with E-state index in [1.807, 2.05) is 0 Å². The molecule has 26 heavy (non-hydrogen) atoms. The minimum atomic E-state index is -1.90. The Bertz CT molecular complexity index is 494. The van der Waals surface area contributed by atoms with Crippen molar-refractivity contribution < 1.29 is 39.0 Å². The second kappa shape index (κ2) is 8.94.